The molecular weight excluding hydrogens is 390 g/mol. The van der Waals surface area contributed by atoms with Crippen LogP contribution in [0.25, 0.3) is 22.2 Å². The summed E-state index contributed by atoms with van der Waals surface area (Å²) in [7, 11) is -3.49. The van der Waals surface area contributed by atoms with Crippen LogP contribution in [0.2, 0.25) is 0 Å². The molecule has 0 atom stereocenters. The van der Waals surface area contributed by atoms with E-state index in [2.05, 4.69) is 20.8 Å². The minimum Gasteiger partial charge on any atom is -0.346 e. The van der Waals surface area contributed by atoms with Crippen molar-refractivity contribution in [2.75, 3.05) is 15.4 Å². The third-order valence-electron chi connectivity index (χ3n) is 4.93. The van der Waals surface area contributed by atoms with Gasteiger partial charge in [-0.2, -0.15) is 5.26 Å². The van der Waals surface area contributed by atoms with Gasteiger partial charge in [0.15, 0.2) is 0 Å². The van der Waals surface area contributed by atoms with Crippen molar-refractivity contribution in [2.24, 2.45) is 0 Å². The molecule has 148 valence electrons. The first-order valence-electron chi connectivity index (χ1n) is 9.22. The standard InChI is InChI=1S/C20H19N5O3S/c1-2-29(27,28)24-18-6-3-13(9-14(18)11-21)17-10-19(25(12-26)15-4-5-15)23-20-16(17)7-8-22-20/h3,6-10,12,15,24H,2,4-5H2,1H3,(H,22,23). The van der Waals surface area contributed by atoms with Crippen molar-refractivity contribution in [1.29, 1.82) is 5.26 Å². The number of amides is 1. The third-order valence-corrected chi connectivity index (χ3v) is 6.22. The highest BCUT2D eigenvalue weighted by Crippen LogP contribution is 2.36. The summed E-state index contributed by atoms with van der Waals surface area (Å²) in [5.74, 6) is 0.460. The second-order valence-electron chi connectivity index (χ2n) is 6.89. The number of hydrogen-bond donors (Lipinski definition) is 2. The molecule has 29 heavy (non-hydrogen) atoms. The zero-order chi connectivity index (χ0) is 20.6. The van der Waals surface area contributed by atoms with Crippen LogP contribution in [0.3, 0.4) is 0 Å². The van der Waals surface area contributed by atoms with E-state index in [1.807, 2.05) is 12.1 Å². The fraction of sp³-hybridized carbons (Fsp3) is 0.250. The number of rotatable bonds is 7. The second-order valence-corrected chi connectivity index (χ2v) is 8.90. The lowest BCUT2D eigenvalue weighted by atomic mass is 10.0. The molecule has 0 unspecified atom stereocenters. The SMILES string of the molecule is CCS(=O)(=O)Nc1ccc(-c2cc(N(C=O)C3CC3)nc3[nH]ccc23)cc1C#N. The Morgan fingerprint density at radius 1 is 1.34 bits per heavy atom. The number of benzene rings is 1. The minimum absolute atomic E-state index is 0.0833. The zero-order valence-electron chi connectivity index (χ0n) is 15.7. The number of carbonyl (C=O) groups excluding carboxylic acids is 1. The van der Waals surface area contributed by atoms with Crippen molar-refractivity contribution in [2.45, 2.75) is 25.8 Å². The fourth-order valence-corrected chi connectivity index (χ4v) is 3.87. The molecule has 0 saturated heterocycles. The van der Waals surface area contributed by atoms with E-state index in [0.29, 0.717) is 11.5 Å². The Labute approximate surface area is 168 Å². The van der Waals surface area contributed by atoms with E-state index in [1.54, 1.807) is 29.3 Å². The van der Waals surface area contributed by atoms with E-state index in [0.717, 1.165) is 35.8 Å². The van der Waals surface area contributed by atoms with Gasteiger partial charge in [0.1, 0.15) is 17.5 Å². The van der Waals surface area contributed by atoms with E-state index in [9.17, 15) is 18.5 Å². The van der Waals surface area contributed by atoms with E-state index in [-0.39, 0.29) is 23.0 Å². The van der Waals surface area contributed by atoms with Crippen LogP contribution in [-0.4, -0.2) is 36.6 Å². The number of sulfonamides is 1. The number of nitriles is 1. The zero-order valence-corrected chi connectivity index (χ0v) is 16.5. The third kappa shape index (κ3) is 3.67. The van der Waals surface area contributed by atoms with Crippen LogP contribution in [0, 0.1) is 11.3 Å². The number of carbonyl (C=O) groups is 1. The number of nitrogens with one attached hydrogen (secondary N) is 2. The molecule has 1 amide bonds. The number of H-pyrrole nitrogens is 1. The molecular formula is C20H19N5O3S. The van der Waals surface area contributed by atoms with E-state index in [4.69, 9.17) is 0 Å². The van der Waals surface area contributed by atoms with Gasteiger partial charge in [0, 0.05) is 17.6 Å². The average Bonchev–Trinajstić information content (AvgIpc) is 3.44. The van der Waals surface area contributed by atoms with Gasteiger partial charge in [-0.25, -0.2) is 13.4 Å². The van der Waals surface area contributed by atoms with Crippen molar-refractivity contribution in [3.63, 3.8) is 0 Å². The van der Waals surface area contributed by atoms with Gasteiger partial charge in [-0.1, -0.05) is 6.07 Å². The van der Waals surface area contributed by atoms with Gasteiger partial charge in [-0.05, 0) is 55.2 Å². The van der Waals surface area contributed by atoms with Crippen LogP contribution in [-0.2, 0) is 14.8 Å². The van der Waals surface area contributed by atoms with Crippen LogP contribution in [0.1, 0.15) is 25.3 Å². The number of aromatic amines is 1. The predicted octanol–water partition coefficient (Wildman–Crippen LogP) is 2.99. The number of hydrogen-bond acceptors (Lipinski definition) is 5. The molecule has 1 aliphatic rings. The van der Waals surface area contributed by atoms with Gasteiger partial charge in [0.25, 0.3) is 0 Å². The van der Waals surface area contributed by atoms with Gasteiger partial charge >= 0.3 is 0 Å². The highest BCUT2D eigenvalue weighted by Gasteiger charge is 2.30. The first kappa shape index (κ1) is 19.0. The van der Waals surface area contributed by atoms with Crippen molar-refractivity contribution in [1.82, 2.24) is 9.97 Å². The number of aromatic nitrogens is 2. The second kappa shape index (κ2) is 7.22. The Morgan fingerprint density at radius 2 is 2.14 bits per heavy atom. The summed E-state index contributed by atoms with van der Waals surface area (Å²) in [6.07, 6.45) is 4.46. The number of anilines is 2. The Morgan fingerprint density at radius 3 is 2.79 bits per heavy atom. The average molecular weight is 409 g/mol. The number of nitrogens with zero attached hydrogens (tertiary/aromatic N) is 3. The quantitative estimate of drug-likeness (QED) is 0.582. The summed E-state index contributed by atoms with van der Waals surface area (Å²) in [4.78, 5) is 20.8. The monoisotopic (exact) mass is 409 g/mol. The molecule has 1 aliphatic carbocycles. The number of pyridine rings is 1. The summed E-state index contributed by atoms with van der Waals surface area (Å²) < 4.78 is 26.2. The summed E-state index contributed by atoms with van der Waals surface area (Å²) in [5, 5.41) is 10.4. The maximum absolute atomic E-state index is 11.9. The highest BCUT2D eigenvalue weighted by atomic mass is 32.2. The molecule has 2 N–H and O–H groups in total. The smallest absolute Gasteiger partial charge is 0.232 e. The Balaban J connectivity index is 1.83. The lowest BCUT2D eigenvalue weighted by molar-refractivity contribution is -0.107. The molecule has 0 spiro atoms. The van der Waals surface area contributed by atoms with E-state index in [1.165, 1.54) is 6.92 Å². The van der Waals surface area contributed by atoms with Gasteiger partial charge in [-0.15, -0.1) is 0 Å². The van der Waals surface area contributed by atoms with Gasteiger partial charge < -0.3 is 4.98 Å². The van der Waals surface area contributed by atoms with E-state index < -0.39 is 10.0 Å². The Kier molecular flexibility index (Phi) is 4.72. The largest absolute Gasteiger partial charge is 0.346 e. The molecule has 1 saturated carbocycles. The minimum atomic E-state index is -3.49. The Hall–Kier alpha value is -3.38. The van der Waals surface area contributed by atoms with Crippen molar-refractivity contribution >= 4 is 39.0 Å². The van der Waals surface area contributed by atoms with Crippen LogP contribution in [0.4, 0.5) is 11.5 Å². The van der Waals surface area contributed by atoms with E-state index >= 15 is 0 Å². The molecule has 8 nitrogen and oxygen atoms in total. The van der Waals surface area contributed by atoms with Crippen molar-refractivity contribution < 1.29 is 13.2 Å². The maximum Gasteiger partial charge on any atom is 0.232 e. The fourth-order valence-electron chi connectivity index (χ4n) is 3.21. The Bertz CT molecular complexity index is 1240. The van der Waals surface area contributed by atoms with Crippen LogP contribution in [0.15, 0.2) is 36.5 Å². The normalized spacial score (nSPS) is 13.8. The van der Waals surface area contributed by atoms with Crippen LogP contribution in [0.5, 0.6) is 0 Å². The van der Waals surface area contributed by atoms with Crippen LogP contribution >= 0.6 is 0 Å². The summed E-state index contributed by atoms with van der Waals surface area (Å²) >= 11 is 0. The highest BCUT2D eigenvalue weighted by molar-refractivity contribution is 7.92. The first-order valence-corrected chi connectivity index (χ1v) is 10.9. The molecule has 1 aromatic carbocycles. The molecule has 3 aromatic rings. The van der Waals surface area contributed by atoms with Crippen molar-refractivity contribution in [3.8, 4) is 17.2 Å². The van der Waals surface area contributed by atoms with Gasteiger partial charge in [0.05, 0.1) is 17.0 Å². The maximum atomic E-state index is 11.9. The lowest BCUT2D eigenvalue weighted by Gasteiger charge is -2.17. The topological polar surface area (TPSA) is 119 Å². The molecule has 2 aromatic heterocycles. The van der Waals surface area contributed by atoms with Crippen LogP contribution < -0.4 is 9.62 Å². The molecule has 4 rings (SSSR count). The first-order chi connectivity index (χ1) is 14.0. The van der Waals surface area contributed by atoms with Gasteiger partial charge in [0.2, 0.25) is 16.4 Å². The molecule has 0 radical (unpaired) electrons. The predicted molar refractivity (Wildman–Crippen MR) is 111 cm³/mol. The summed E-state index contributed by atoms with van der Waals surface area (Å²) in [6.45, 7) is 1.53. The number of fused-ring (bicyclic) bond motifs is 1. The summed E-state index contributed by atoms with van der Waals surface area (Å²) in [5.41, 5.74) is 2.64. The molecule has 9 heteroatoms. The molecule has 2 heterocycles. The van der Waals surface area contributed by atoms with Crippen molar-refractivity contribution in [3.05, 3.63) is 42.1 Å². The molecule has 1 fully saturated rings. The molecule has 0 bridgehead atoms. The summed E-state index contributed by atoms with van der Waals surface area (Å²) in [6, 6.07) is 10.9. The lowest BCUT2D eigenvalue weighted by Crippen LogP contribution is -2.24. The van der Waals surface area contributed by atoms with Gasteiger partial charge in [-0.3, -0.25) is 14.4 Å². The molecule has 0 aliphatic heterocycles.